The van der Waals surface area contributed by atoms with Gasteiger partial charge in [0, 0.05) is 47.9 Å². The van der Waals surface area contributed by atoms with Gasteiger partial charge in [-0.15, -0.1) is 0 Å². The van der Waals surface area contributed by atoms with Crippen molar-refractivity contribution in [2.45, 2.75) is 13.0 Å². The molecule has 0 bridgehead atoms. The van der Waals surface area contributed by atoms with Gasteiger partial charge >= 0.3 is 0 Å². The van der Waals surface area contributed by atoms with Crippen LogP contribution in [0.4, 0.5) is 10.1 Å². The molecule has 118 valence electrons. The van der Waals surface area contributed by atoms with Crippen LogP contribution in [0.3, 0.4) is 0 Å². The van der Waals surface area contributed by atoms with Crippen LogP contribution in [0.1, 0.15) is 12.0 Å². The number of halogens is 1. The summed E-state index contributed by atoms with van der Waals surface area (Å²) in [6.45, 7) is 2.01. The summed E-state index contributed by atoms with van der Waals surface area (Å²) in [6, 6.07) is 5.23. The Kier molecular flexibility index (Phi) is 7.53. The molecule has 0 saturated heterocycles. The molecule has 0 aromatic heterocycles. The van der Waals surface area contributed by atoms with Gasteiger partial charge in [0.25, 0.3) is 0 Å². The molecule has 0 heterocycles. The zero-order valence-corrected chi connectivity index (χ0v) is 13.2. The molecule has 0 amide bonds. The number of methoxy groups -OCH3 is 1. The molecular formula is C15H25FN4O. The lowest BCUT2D eigenvalue weighted by Gasteiger charge is -2.15. The summed E-state index contributed by atoms with van der Waals surface area (Å²) in [7, 11) is 7.03. The van der Waals surface area contributed by atoms with E-state index >= 15 is 0 Å². The maximum Gasteiger partial charge on any atom is 0.191 e. The largest absolute Gasteiger partial charge is 0.385 e. The third-order valence-corrected chi connectivity index (χ3v) is 3.00. The average molecular weight is 296 g/mol. The Balaban J connectivity index is 2.48. The van der Waals surface area contributed by atoms with Crippen molar-refractivity contribution in [2.75, 3.05) is 46.3 Å². The molecule has 1 aromatic rings. The second kappa shape index (κ2) is 9.18. The highest BCUT2D eigenvalue weighted by Gasteiger charge is 2.05. The zero-order valence-electron chi connectivity index (χ0n) is 13.2. The average Bonchev–Trinajstić information content (AvgIpc) is 2.46. The molecule has 2 N–H and O–H groups in total. The van der Waals surface area contributed by atoms with Gasteiger partial charge in [-0.2, -0.15) is 0 Å². The Morgan fingerprint density at radius 3 is 2.67 bits per heavy atom. The first-order chi connectivity index (χ1) is 10.1. The van der Waals surface area contributed by atoms with Crippen molar-refractivity contribution in [2.24, 2.45) is 4.99 Å². The van der Waals surface area contributed by atoms with E-state index in [1.54, 1.807) is 31.2 Å². The third kappa shape index (κ3) is 5.99. The lowest BCUT2D eigenvalue weighted by Crippen LogP contribution is -2.37. The predicted octanol–water partition coefficient (Wildman–Crippen LogP) is 1.59. The van der Waals surface area contributed by atoms with Gasteiger partial charge in [-0.25, -0.2) is 4.39 Å². The number of anilines is 1. The Hall–Kier alpha value is -1.82. The van der Waals surface area contributed by atoms with E-state index in [4.69, 9.17) is 4.74 Å². The number of ether oxygens (including phenoxy) is 1. The fourth-order valence-electron chi connectivity index (χ4n) is 1.85. The topological polar surface area (TPSA) is 48.9 Å². The highest BCUT2D eigenvalue weighted by Crippen LogP contribution is 2.18. The van der Waals surface area contributed by atoms with Crippen molar-refractivity contribution in [3.05, 3.63) is 29.6 Å². The Bertz CT molecular complexity index is 463. The minimum Gasteiger partial charge on any atom is -0.385 e. The second-order valence-electron chi connectivity index (χ2n) is 4.88. The van der Waals surface area contributed by atoms with E-state index < -0.39 is 0 Å². The number of rotatable bonds is 7. The van der Waals surface area contributed by atoms with E-state index in [1.807, 2.05) is 20.2 Å². The van der Waals surface area contributed by atoms with Gasteiger partial charge in [-0.1, -0.05) is 6.07 Å². The number of nitrogens with one attached hydrogen (secondary N) is 2. The van der Waals surface area contributed by atoms with E-state index in [0.29, 0.717) is 24.8 Å². The highest BCUT2D eigenvalue weighted by molar-refractivity contribution is 5.79. The second-order valence-corrected chi connectivity index (χ2v) is 4.88. The third-order valence-electron chi connectivity index (χ3n) is 3.00. The maximum absolute atomic E-state index is 13.9. The molecule has 0 atom stereocenters. The van der Waals surface area contributed by atoms with Crippen molar-refractivity contribution >= 4 is 11.6 Å². The van der Waals surface area contributed by atoms with Crippen LogP contribution < -0.4 is 15.5 Å². The molecule has 0 saturated carbocycles. The summed E-state index contributed by atoms with van der Waals surface area (Å²) in [5.41, 5.74) is 1.46. The molecule has 0 spiro atoms. The lowest BCUT2D eigenvalue weighted by molar-refractivity contribution is 0.195. The fraction of sp³-hybridized carbons (Fsp3) is 0.533. The van der Waals surface area contributed by atoms with E-state index in [-0.39, 0.29) is 5.82 Å². The minimum atomic E-state index is -0.220. The van der Waals surface area contributed by atoms with Gasteiger partial charge in [0.15, 0.2) is 5.96 Å². The lowest BCUT2D eigenvalue weighted by atomic mass is 10.2. The molecule has 21 heavy (non-hydrogen) atoms. The van der Waals surface area contributed by atoms with Gasteiger partial charge in [-0.3, -0.25) is 4.99 Å². The summed E-state index contributed by atoms with van der Waals surface area (Å²) in [6.07, 6.45) is 0.906. The molecule has 0 aliphatic heterocycles. The molecular weight excluding hydrogens is 271 g/mol. The van der Waals surface area contributed by atoms with Crippen LogP contribution in [-0.2, 0) is 11.3 Å². The zero-order chi connectivity index (χ0) is 15.7. The van der Waals surface area contributed by atoms with Crippen LogP contribution >= 0.6 is 0 Å². The molecule has 0 aliphatic carbocycles. The number of guanidine groups is 1. The first kappa shape index (κ1) is 17.2. The van der Waals surface area contributed by atoms with Crippen LogP contribution in [0.15, 0.2) is 23.2 Å². The number of benzene rings is 1. The number of nitrogens with zero attached hydrogens (tertiary/aromatic N) is 2. The number of hydrogen-bond acceptors (Lipinski definition) is 3. The van der Waals surface area contributed by atoms with Crippen molar-refractivity contribution in [1.29, 1.82) is 0 Å². The molecule has 5 nitrogen and oxygen atoms in total. The summed E-state index contributed by atoms with van der Waals surface area (Å²) in [5.74, 6) is 0.477. The summed E-state index contributed by atoms with van der Waals surface area (Å²) in [4.78, 5) is 5.87. The Morgan fingerprint density at radius 2 is 2.10 bits per heavy atom. The summed E-state index contributed by atoms with van der Waals surface area (Å²) in [5, 5.41) is 6.33. The van der Waals surface area contributed by atoms with Crippen molar-refractivity contribution < 1.29 is 9.13 Å². The van der Waals surface area contributed by atoms with Crippen molar-refractivity contribution in [3.63, 3.8) is 0 Å². The maximum atomic E-state index is 13.9. The monoisotopic (exact) mass is 296 g/mol. The Morgan fingerprint density at radius 1 is 1.33 bits per heavy atom. The summed E-state index contributed by atoms with van der Waals surface area (Å²) < 4.78 is 18.8. The highest BCUT2D eigenvalue weighted by atomic mass is 19.1. The van der Waals surface area contributed by atoms with E-state index in [9.17, 15) is 4.39 Å². The van der Waals surface area contributed by atoms with Gasteiger partial charge in [0.05, 0.1) is 5.69 Å². The van der Waals surface area contributed by atoms with Crippen LogP contribution in [0, 0.1) is 5.82 Å². The standard InChI is InChI=1S/C15H25FN4O/c1-17-15(18-8-5-9-21-4)19-11-12-6-7-14(20(2)3)13(16)10-12/h6-7,10H,5,8-9,11H2,1-4H3,(H2,17,18,19). The molecule has 0 aliphatic rings. The van der Waals surface area contributed by atoms with Gasteiger partial charge in [-0.05, 0) is 24.1 Å². The van der Waals surface area contributed by atoms with Crippen LogP contribution in [0.5, 0.6) is 0 Å². The van der Waals surface area contributed by atoms with Gasteiger partial charge in [0.2, 0.25) is 0 Å². The van der Waals surface area contributed by atoms with Crippen molar-refractivity contribution in [3.8, 4) is 0 Å². The molecule has 0 fully saturated rings. The molecule has 0 radical (unpaired) electrons. The van der Waals surface area contributed by atoms with Crippen LogP contribution in [0.2, 0.25) is 0 Å². The van der Waals surface area contributed by atoms with E-state index in [0.717, 1.165) is 18.5 Å². The van der Waals surface area contributed by atoms with Crippen molar-refractivity contribution in [1.82, 2.24) is 10.6 Å². The van der Waals surface area contributed by atoms with Gasteiger partial charge in [0.1, 0.15) is 5.82 Å². The minimum absolute atomic E-state index is 0.220. The van der Waals surface area contributed by atoms with Crippen LogP contribution in [-0.4, -0.2) is 47.4 Å². The predicted molar refractivity (Wildman–Crippen MR) is 85.4 cm³/mol. The first-order valence-corrected chi connectivity index (χ1v) is 6.97. The first-order valence-electron chi connectivity index (χ1n) is 6.97. The SMILES string of the molecule is CN=C(NCCCOC)NCc1ccc(N(C)C)c(F)c1. The van der Waals surface area contributed by atoms with Gasteiger partial charge < -0.3 is 20.3 Å². The summed E-state index contributed by atoms with van der Waals surface area (Å²) >= 11 is 0. The normalized spacial score (nSPS) is 11.4. The number of aliphatic imine (C=N–C) groups is 1. The molecule has 6 heteroatoms. The van der Waals surface area contributed by atoms with E-state index in [1.165, 1.54) is 0 Å². The molecule has 1 aromatic carbocycles. The molecule has 0 unspecified atom stereocenters. The Labute approximate surface area is 126 Å². The van der Waals surface area contributed by atoms with Crippen LogP contribution in [0.25, 0.3) is 0 Å². The fourth-order valence-corrected chi connectivity index (χ4v) is 1.85. The smallest absolute Gasteiger partial charge is 0.191 e. The number of hydrogen-bond donors (Lipinski definition) is 2. The van der Waals surface area contributed by atoms with E-state index in [2.05, 4.69) is 15.6 Å². The quantitative estimate of drug-likeness (QED) is 0.456. The molecule has 1 rings (SSSR count).